The van der Waals surface area contributed by atoms with E-state index in [1.165, 1.54) is 6.92 Å². The Labute approximate surface area is 68.0 Å². The van der Waals surface area contributed by atoms with Gasteiger partial charge in [0.05, 0.1) is 0 Å². The first-order valence-corrected chi connectivity index (χ1v) is 2.18. The van der Waals surface area contributed by atoms with Crippen LogP contribution in [-0.4, -0.2) is 22.2 Å². The molecule has 0 bridgehead atoms. The van der Waals surface area contributed by atoms with Gasteiger partial charge in [-0.15, -0.1) is 0 Å². The third-order valence-corrected chi connectivity index (χ3v) is 0.677. The molecule has 0 aliphatic rings. The Balaban J connectivity index is 0. The predicted molar refractivity (Wildman–Crippen MR) is 29.0 cm³/mol. The third-order valence-electron chi connectivity index (χ3n) is 0.677. The maximum absolute atomic E-state index is 9.90. The van der Waals surface area contributed by atoms with E-state index in [4.69, 9.17) is 10.2 Å². The number of hydrogen-bond acceptors (Lipinski definition) is 2. The fourth-order valence-electron chi connectivity index (χ4n) is 0.247. The van der Waals surface area contributed by atoms with Crippen LogP contribution in [0.1, 0.15) is 6.92 Å². The maximum atomic E-state index is 9.90. The second-order valence-corrected chi connectivity index (χ2v) is 1.47. The van der Waals surface area contributed by atoms with E-state index >= 15 is 0 Å². The fraction of sp³-hybridized carbons (Fsp3) is 0.200. The first-order chi connectivity index (χ1) is 4.04. The van der Waals surface area contributed by atoms with Gasteiger partial charge in [0.25, 0.3) is 0 Å². The molecule has 0 amide bonds. The largest absolute Gasteiger partial charge is 0.478 e. The van der Waals surface area contributed by atoms with Crippen molar-refractivity contribution in [2.75, 3.05) is 0 Å². The molecule has 0 saturated carbocycles. The molecule has 4 nitrogen and oxygen atoms in total. The van der Waals surface area contributed by atoms with Gasteiger partial charge < -0.3 is 10.2 Å². The van der Waals surface area contributed by atoms with Crippen molar-refractivity contribution in [1.82, 2.24) is 0 Å². The van der Waals surface area contributed by atoms with Crippen molar-refractivity contribution in [3.63, 3.8) is 0 Å². The van der Waals surface area contributed by atoms with Gasteiger partial charge in [-0.2, -0.15) is 0 Å². The van der Waals surface area contributed by atoms with Crippen molar-refractivity contribution in [2.45, 2.75) is 6.92 Å². The Kier molecular flexibility index (Phi) is 5.99. The van der Waals surface area contributed by atoms with E-state index in [-0.39, 0.29) is 22.6 Å². The zero-order valence-corrected chi connectivity index (χ0v) is 6.35. The average Bonchev–Trinajstić information content (AvgIpc) is 1.63. The number of carbonyl (C=O) groups is 2. The van der Waals surface area contributed by atoms with E-state index in [1.807, 2.05) is 0 Å². The van der Waals surface area contributed by atoms with Gasteiger partial charge in [0.2, 0.25) is 0 Å². The van der Waals surface area contributed by atoms with Gasteiger partial charge in [0, 0.05) is 28.7 Å². The van der Waals surface area contributed by atoms with Crippen molar-refractivity contribution in [3.05, 3.63) is 11.6 Å². The van der Waals surface area contributed by atoms with Gasteiger partial charge in [-0.25, -0.2) is 9.59 Å². The molecule has 0 aromatic carbocycles. The van der Waals surface area contributed by atoms with E-state index in [1.54, 1.807) is 0 Å². The second kappa shape index (κ2) is 5.02. The molecular formula is C5H6MnO4. The van der Waals surface area contributed by atoms with E-state index in [0.717, 1.165) is 0 Å². The van der Waals surface area contributed by atoms with Crippen molar-refractivity contribution in [2.24, 2.45) is 0 Å². The first-order valence-electron chi connectivity index (χ1n) is 2.18. The normalized spacial score (nSPS) is 9.90. The summed E-state index contributed by atoms with van der Waals surface area (Å²) in [4.78, 5) is 19.7. The topological polar surface area (TPSA) is 74.6 Å². The molecule has 0 unspecified atom stereocenters. The molecule has 0 rings (SSSR count). The van der Waals surface area contributed by atoms with E-state index < -0.39 is 11.9 Å². The van der Waals surface area contributed by atoms with Gasteiger partial charge in [0.15, 0.2) is 0 Å². The second-order valence-electron chi connectivity index (χ2n) is 1.47. The maximum Gasteiger partial charge on any atom is 0.331 e. The Morgan fingerprint density at radius 3 is 1.80 bits per heavy atom. The number of carboxylic acid groups (broad SMARTS) is 2. The molecule has 10 heavy (non-hydrogen) atoms. The van der Waals surface area contributed by atoms with Crippen LogP contribution in [0.4, 0.5) is 0 Å². The summed E-state index contributed by atoms with van der Waals surface area (Å²) in [7, 11) is 0. The van der Waals surface area contributed by atoms with Crippen molar-refractivity contribution < 1.29 is 36.9 Å². The third kappa shape index (κ3) is 5.34. The first kappa shape index (κ1) is 11.9. The summed E-state index contributed by atoms with van der Waals surface area (Å²) in [5.41, 5.74) is -0.178. The van der Waals surface area contributed by atoms with Crippen molar-refractivity contribution >= 4 is 11.9 Å². The zero-order valence-electron chi connectivity index (χ0n) is 5.17. The number of aliphatic carboxylic acids is 2. The molecule has 0 spiro atoms. The van der Waals surface area contributed by atoms with Crippen LogP contribution in [0.2, 0.25) is 0 Å². The summed E-state index contributed by atoms with van der Waals surface area (Å²) in [6, 6.07) is 0. The molecule has 1 radical (unpaired) electrons. The van der Waals surface area contributed by atoms with E-state index in [0.29, 0.717) is 6.08 Å². The minimum atomic E-state index is -1.24. The van der Waals surface area contributed by atoms with Crippen LogP contribution in [0, 0.1) is 0 Å². The molecule has 0 aliphatic carbocycles. The van der Waals surface area contributed by atoms with Crippen LogP contribution in [0.25, 0.3) is 0 Å². The summed E-state index contributed by atoms with van der Waals surface area (Å²) in [6.45, 7) is 1.22. The summed E-state index contributed by atoms with van der Waals surface area (Å²) >= 11 is 0. The molecule has 57 valence electrons. The van der Waals surface area contributed by atoms with Gasteiger partial charge in [-0.3, -0.25) is 0 Å². The molecule has 5 heteroatoms. The predicted octanol–water partition coefficient (Wildman–Crippen LogP) is 0.0994. The number of hydrogen-bond donors (Lipinski definition) is 2. The van der Waals surface area contributed by atoms with E-state index in [2.05, 4.69) is 0 Å². The smallest absolute Gasteiger partial charge is 0.331 e. The zero-order chi connectivity index (χ0) is 7.44. The van der Waals surface area contributed by atoms with Crippen molar-refractivity contribution in [3.8, 4) is 0 Å². The summed E-state index contributed by atoms with van der Waals surface area (Å²) in [5.74, 6) is -2.45. The Hall–Kier alpha value is -0.801. The molecule has 0 heterocycles. The number of carboxylic acids is 2. The standard InChI is InChI=1S/C5H6O4.Mn/c1-3(5(8)9)2-4(6)7;/h2H,1H3,(H,6,7)(H,8,9);/b3-2-;. The Bertz CT molecular complexity index is 172. The quantitative estimate of drug-likeness (QED) is 0.472. The molecule has 0 aromatic heterocycles. The molecule has 0 atom stereocenters. The van der Waals surface area contributed by atoms with Gasteiger partial charge in [-0.1, -0.05) is 0 Å². The van der Waals surface area contributed by atoms with Crippen LogP contribution in [0.3, 0.4) is 0 Å². The Morgan fingerprint density at radius 1 is 1.30 bits per heavy atom. The minimum Gasteiger partial charge on any atom is -0.478 e. The van der Waals surface area contributed by atoms with Crippen LogP contribution in [0.15, 0.2) is 11.6 Å². The monoisotopic (exact) mass is 185 g/mol. The fourth-order valence-corrected chi connectivity index (χ4v) is 0.247. The molecular weight excluding hydrogens is 179 g/mol. The molecule has 0 aromatic rings. The average molecular weight is 185 g/mol. The van der Waals surface area contributed by atoms with Gasteiger partial charge >= 0.3 is 11.9 Å². The summed E-state index contributed by atoms with van der Waals surface area (Å²) < 4.78 is 0. The molecule has 0 saturated heterocycles. The SMILES string of the molecule is C/C(=C/C(=O)O)C(=O)O.[Mn]. The van der Waals surface area contributed by atoms with Gasteiger partial charge in [0.1, 0.15) is 0 Å². The minimum absolute atomic E-state index is 0. The number of rotatable bonds is 2. The summed E-state index contributed by atoms with van der Waals surface area (Å²) in [6.07, 6.45) is 0.641. The molecule has 2 N–H and O–H groups in total. The van der Waals surface area contributed by atoms with Crippen LogP contribution in [-0.2, 0) is 26.7 Å². The van der Waals surface area contributed by atoms with Crippen LogP contribution < -0.4 is 0 Å². The molecule has 0 fully saturated rings. The van der Waals surface area contributed by atoms with Crippen LogP contribution in [0.5, 0.6) is 0 Å². The Morgan fingerprint density at radius 2 is 1.70 bits per heavy atom. The summed E-state index contributed by atoms with van der Waals surface area (Å²) in [5, 5.41) is 16.1. The van der Waals surface area contributed by atoms with Crippen LogP contribution >= 0.6 is 0 Å². The molecule has 0 aliphatic heterocycles. The van der Waals surface area contributed by atoms with E-state index in [9.17, 15) is 9.59 Å². The van der Waals surface area contributed by atoms with Crippen molar-refractivity contribution in [1.29, 1.82) is 0 Å². The van der Waals surface area contributed by atoms with Gasteiger partial charge in [-0.05, 0) is 6.92 Å².